The number of benzene rings is 1. The Balaban J connectivity index is 1.84. The number of aromatic nitrogens is 1. The first-order valence-electron chi connectivity index (χ1n) is 9.70. The van der Waals surface area contributed by atoms with E-state index in [4.69, 9.17) is 14.0 Å². The minimum absolute atomic E-state index is 0.243. The fourth-order valence-corrected chi connectivity index (χ4v) is 2.54. The topological polar surface area (TPSA) is 120 Å². The average Bonchev–Trinajstić information content (AvgIpc) is 3.06. The van der Waals surface area contributed by atoms with Crippen molar-refractivity contribution in [3.8, 4) is 5.75 Å². The molecule has 2 rings (SSSR count). The lowest BCUT2D eigenvalue weighted by Crippen LogP contribution is -2.46. The summed E-state index contributed by atoms with van der Waals surface area (Å²) in [5.74, 6) is -0.384. The Bertz CT molecular complexity index is 873. The second-order valence-corrected chi connectivity index (χ2v) is 6.78. The zero-order chi connectivity index (χ0) is 22.1. The first-order valence-corrected chi connectivity index (χ1v) is 9.70. The largest absolute Gasteiger partial charge is 0.489 e. The maximum atomic E-state index is 12.2. The van der Waals surface area contributed by atoms with Gasteiger partial charge in [-0.25, -0.2) is 4.79 Å². The van der Waals surface area contributed by atoms with Gasteiger partial charge in [-0.1, -0.05) is 18.1 Å². The van der Waals surface area contributed by atoms with Gasteiger partial charge in [0.1, 0.15) is 24.2 Å². The van der Waals surface area contributed by atoms with Gasteiger partial charge in [0, 0.05) is 6.54 Å². The Hall–Kier alpha value is -3.36. The van der Waals surface area contributed by atoms with Crippen LogP contribution in [-0.2, 0) is 20.9 Å². The van der Waals surface area contributed by atoms with Crippen molar-refractivity contribution in [2.75, 3.05) is 13.2 Å². The van der Waals surface area contributed by atoms with Gasteiger partial charge in [0.05, 0.1) is 16.8 Å². The van der Waals surface area contributed by atoms with Gasteiger partial charge in [0.25, 0.3) is 5.91 Å². The molecule has 0 aliphatic carbocycles. The second-order valence-electron chi connectivity index (χ2n) is 6.78. The van der Waals surface area contributed by atoms with E-state index in [0.29, 0.717) is 18.1 Å². The van der Waals surface area contributed by atoms with Crippen LogP contribution < -0.4 is 15.4 Å². The summed E-state index contributed by atoms with van der Waals surface area (Å²) in [6, 6.07) is 5.73. The lowest BCUT2D eigenvalue weighted by atomic mass is 10.2. The van der Waals surface area contributed by atoms with E-state index in [1.807, 2.05) is 13.8 Å². The molecule has 0 fully saturated rings. The van der Waals surface area contributed by atoms with Crippen LogP contribution in [0.2, 0.25) is 0 Å². The molecule has 0 radical (unpaired) electrons. The van der Waals surface area contributed by atoms with E-state index < -0.39 is 24.5 Å². The fourth-order valence-electron chi connectivity index (χ4n) is 2.54. The Morgan fingerprint density at radius 3 is 2.67 bits per heavy atom. The molecule has 162 valence electrons. The summed E-state index contributed by atoms with van der Waals surface area (Å²) in [6.45, 7) is 7.40. The number of aryl methyl sites for hydroxylation is 2. The summed E-state index contributed by atoms with van der Waals surface area (Å²) in [5.41, 5.74) is 1.83. The van der Waals surface area contributed by atoms with Crippen LogP contribution in [-0.4, -0.2) is 42.1 Å². The first kappa shape index (κ1) is 22.9. The molecule has 9 heteroatoms. The molecule has 2 amide bonds. The smallest absolute Gasteiger partial charge is 0.338 e. The van der Waals surface area contributed by atoms with Crippen LogP contribution in [0.3, 0.4) is 0 Å². The maximum Gasteiger partial charge on any atom is 0.338 e. The quantitative estimate of drug-likeness (QED) is 0.568. The van der Waals surface area contributed by atoms with E-state index in [1.165, 1.54) is 6.07 Å². The number of rotatable bonds is 10. The monoisotopic (exact) mass is 417 g/mol. The highest BCUT2D eigenvalue weighted by Gasteiger charge is 2.17. The van der Waals surface area contributed by atoms with Crippen LogP contribution in [0, 0.1) is 13.8 Å². The van der Waals surface area contributed by atoms with Crippen LogP contribution in [0.15, 0.2) is 28.8 Å². The fraction of sp³-hybridized carbons (Fsp3) is 0.429. The first-order chi connectivity index (χ1) is 14.3. The molecular weight excluding hydrogens is 390 g/mol. The minimum atomic E-state index is -0.719. The van der Waals surface area contributed by atoms with Gasteiger partial charge in [0.2, 0.25) is 5.91 Å². The Morgan fingerprint density at radius 2 is 2.00 bits per heavy atom. The van der Waals surface area contributed by atoms with Gasteiger partial charge in [-0.15, -0.1) is 0 Å². The molecule has 0 saturated heterocycles. The van der Waals surface area contributed by atoms with Crippen molar-refractivity contribution in [2.24, 2.45) is 0 Å². The van der Waals surface area contributed by atoms with Gasteiger partial charge in [-0.05, 0) is 45.4 Å². The van der Waals surface area contributed by atoms with Crippen LogP contribution in [0.5, 0.6) is 5.75 Å². The van der Waals surface area contributed by atoms with Gasteiger partial charge in [0.15, 0.2) is 6.61 Å². The predicted octanol–water partition coefficient (Wildman–Crippen LogP) is 2.06. The second kappa shape index (κ2) is 11.0. The molecule has 0 bridgehead atoms. The van der Waals surface area contributed by atoms with Crippen LogP contribution in [0.1, 0.15) is 47.6 Å². The van der Waals surface area contributed by atoms with Gasteiger partial charge < -0.3 is 24.6 Å². The zero-order valence-corrected chi connectivity index (χ0v) is 17.6. The van der Waals surface area contributed by atoms with E-state index in [2.05, 4.69) is 15.8 Å². The van der Waals surface area contributed by atoms with Gasteiger partial charge in [-0.3, -0.25) is 9.59 Å². The van der Waals surface area contributed by atoms with Crippen LogP contribution in [0.25, 0.3) is 0 Å². The minimum Gasteiger partial charge on any atom is -0.489 e. The number of carbonyl (C=O) groups is 3. The molecule has 9 nitrogen and oxygen atoms in total. The lowest BCUT2D eigenvalue weighted by Gasteiger charge is -2.14. The number of esters is 1. The summed E-state index contributed by atoms with van der Waals surface area (Å²) in [4.78, 5) is 35.9. The number of ether oxygens (including phenoxy) is 2. The molecule has 0 aliphatic heterocycles. The molecule has 0 aliphatic rings. The van der Waals surface area contributed by atoms with Crippen LogP contribution >= 0.6 is 0 Å². The zero-order valence-electron chi connectivity index (χ0n) is 17.6. The van der Waals surface area contributed by atoms with E-state index >= 15 is 0 Å². The third kappa shape index (κ3) is 6.61. The van der Waals surface area contributed by atoms with Crippen molar-refractivity contribution in [3.05, 3.63) is 46.8 Å². The summed E-state index contributed by atoms with van der Waals surface area (Å²) in [5, 5.41) is 9.03. The molecule has 30 heavy (non-hydrogen) atoms. The summed E-state index contributed by atoms with van der Waals surface area (Å²) >= 11 is 0. The van der Waals surface area contributed by atoms with Crippen molar-refractivity contribution in [1.82, 2.24) is 15.8 Å². The number of carbonyl (C=O) groups excluding carboxylic acids is 3. The highest BCUT2D eigenvalue weighted by Crippen LogP contribution is 2.19. The van der Waals surface area contributed by atoms with Gasteiger partial charge >= 0.3 is 5.97 Å². The van der Waals surface area contributed by atoms with E-state index in [-0.39, 0.29) is 18.1 Å². The highest BCUT2D eigenvalue weighted by molar-refractivity contribution is 5.92. The predicted molar refractivity (Wildman–Crippen MR) is 108 cm³/mol. The van der Waals surface area contributed by atoms with E-state index in [0.717, 1.165) is 17.7 Å². The molecule has 1 heterocycles. The van der Waals surface area contributed by atoms with Crippen LogP contribution in [0.4, 0.5) is 0 Å². The lowest BCUT2D eigenvalue weighted by molar-refractivity contribution is -0.130. The number of nitrogens with zero attached hydrogens (tertiary/aromatic N) is 1. The standard InChI is InChI=1S/C21H27N3O6/c1-5-9-22-20(26)14(3)23-19(25)12-29-21(27)16-7-6-8-17(10-16)28-11-18-13(2)24-30-15(18)4/h6-8,10,14H,5,9,11-12H2,1-4H3,(H,22,26)(H,23,25)/t14-/m0/s1. The molecule has 1 aromatic carbocycles. The Labute approximate surface area is 175 Å². The molecule has 0 spiro atoms. The number of hydrogen-bond donors (Lipinski definition) is 2. The molecule has 1 aromatic heterocycles. The Morgan fingerprint density at radius 1 is 1.23 bits per heavy atom. The van der Waals surface area contributed by atoms with Crippen molar-refractivity contribution < 1.29 is 28.4 Å². The molecule has 0 unspecified atom stereocenters. The third-order valence-electron chi connectivity index (χ3n) is 4.29. The average molecular weight is 417 g/mol. The maximum absolute atomic E-state index is 12.2. The SMILES string of the molecule is CCCNC(=O)[C@H](C)NC(=O)COC(=O)c1cccc(OCc2c(C)noc2C)c1. The molecule has 2 N–H and O–H groups in total. The number of amides is 2. The molecule has 0 saturated carbocycles. The van der Waals surface area contributed by atoms with Crippen molar-refractivity contribution in [2.45, 2.75) is 46.8 Å². The van der Waals surface area contributed by atoms with Crippen molar-refractivity contribution >= 4 is 17.8 Å². The van der Waals surface area contributed by atoms with Crippen molar-refractivity contribution in [1.29, 1.82) is 0 Å². The van der Waals surface area contributed by atoms with Crippen molar-refractivity contribution in [3.63, 3.8) is 0 Å². The summed E-state index contributed by atoms with van der Waals surface area (Å²) < 4.78 is 15.8. The van der Waals surface area contributed by atoms with E-state index in [9.17, 15) is 14.4 Å². The molecule has 2 aromatic rings. The summed E-state index contributed by atoms with van der Waals surface area (Å²) in [7, 11) is 0. The highest BCUT2D eigenvalue weighted by atomic mass is 16.5. The third-order valence-corrected chi connectivity index (χ3v) is 4.29. The van der Waals surface area contributed by atoms with Gasteiger partial charge in [-0.2, -0.15) is 0 Å². The normalized spacial score (nSPS) is 11.5. The number of nitrogens with one attached hydrogen (secondary N) is 2. The summed E-state index contributed by atoms with van der Waals surface area (Å²) in [6.07, 6.45) is 0.797. The van der Waals surface area contributed by atoms with E-state index in [1.54, 1.807) is 32.0 Å². The molecule has 1 atom stereocenters. The Kier molecular flexibility index (Phi) is 8.40. The molecular formula is C21H27N3O6. The number of hydrogen-bond acceptors (Lipinski definition) is 7.